The van der Waals surface area contributed by atoms with Gasteiger partial charge in [-0.1, -0.05) is 0 Å². The van der Waals surface area contributed by atoms with E-state index in [0.29, 0.717) is 29.2 Å². The van der Waals surface area contributed by atoms with Crippen LogP contribution in [0.4, 0.5) is 0 Å². The van der Waals surface area contributed by atoms with E-state index in [2.05, 4.69) is 11.8 Å². The number of likely N-dealkylation sites (tertiary alicyclic amines) is 1. The van der Waals surface area contributed by atoms with Crippen LogP contribution < -0.4 is 14.2 Å². The highest BCUT2D eigenvalue weighted by Crippen LogP contribution is 2.44. The van der Waals surface area contributed by atoms with E-state index in [9.17, 15) is 0 Å². The molecule has 0 aliphatic carbocycles. The molecule has 4 rings (SSSR count). The number of hydrogen-bond donors (Lipinski definition) is 0. The van der Waals surface area contributed by atoms with E-state index in [1.165, 1.54) is 12.8 Å². The topological polar surface area (TPSA) is 57.0 Å². The number of hydrogen-bond acceptors (Lipinski definition) is 6. The molecule has 24 heavy (non-hydrogen) atoms. The van der Waals surface area contributed by atoms with Crippen LogP contribution in [0.15, 0.2) is 16.5 Å². The first-order chi connectivity index (χ1) is 11.7. The van der Waals surface area contributed by atoms with Crippen molar-refractivity contribution in [2.45, 2.75) is 39.3 Å². The van der Waals surface area contributed by atoms with Crippen LogP contribution in [0.1, 0.15) is 31.2 Å². The summed E-state index contributed by atoms with van der Waals surface area (Å²) in [6, 6.07) is 4.37. The quantitative estimate of drug-likeness (QED) is 0.857. The molecule has 1 saturated heterocycles. The van der Waals surface area contributed by atoms with Gasteiger partial charge in [0.2, 0.25) is 18.4 Å². The van der Waals surface area contributed by atoms with Gasteiger partial charge < -0.3 is 18.6 Å². The van der Waals surface area contributed by atoms with E-state index in [-0.39, 0.29) is 6.79 Å². The first-order valence-electron chi connectivity index (χ1n) is 8.34. The minimum Gasteiger partial charge on any atom is -0.493 e. The Morgan fingerprint density at radius 1 is 1.33 bits per heavy atom. The maximum atomic E-state index is 5.92. The normalized spacial score (nSPS) is 19.9. The molecule has 0 bridgehead atoms. The van der Waals surface area contributed by atoms with E-state index in [0.717, 1.165) is 30.1 Å². The standard InChI is InChI=1S/C18H22N2O4/c1-11-5-4-6-20(11)9-14-12(2)24-18(19-14)13-7-15(21-3)17-16(8-13)22-10-23-17/h7-8,11H,4-6,9-10H2,1-3H3/t11-/m0/s1. The number of oxazole rings is 1. The summed E-state index contributed by atoms with van der Waals surface area (Å²) >= 11 is 0. The number of aromatic nitrogens is 1. The summed E-state index contributed by atoms with van der Waals surface area (Å²) in [5, 5.41) is 0. The fourth-order valence-corrected chi connectivity index (χ4v) is 3.37. The molecule has 0 spiro atoms. The molecule has 2 aliphatic heterocycles. The van der Waals surface area contributed by atoms with Crippen LogP contribution >= 0.6 is 0 Å². The van der Waals surface area contributed by atoms with Crippen molar-refractivity contribution < 1.29 is 18.6 Å². The molecule has 1 atom stereocenters. The summed E-state index contributed by atoms with van der Waals surface area (Å²) in [4.78, 5) is 7.17. The second kappa shape index (κ2) is 6.02. The molecule has 0 unspecified atom stereocenters. The highest BCUT2D eigenvalue weighted by Gasteiger charge is 2.25. The van der Waals surface area contributed by atoms with Crippen LogP contribution in [0.25, 0.3) is 11.5 Å². The zero-order valence-corrected chi connectivity index (χ0v) is 14.3. The van der Waals surface area contributed by atoms with Crippen molar-refractivity contribution >= 4 is 0 Å². The van der Waals surface area contributed by atoms with Gasteiger partial charge in [-0.15, -0.1) is 0 Å². The van der Waals surface area contributed by atoms with E-state index in [1.807, 2.05) is 19.1 Å². The Morgan fingerprint density at radius 2 is 2.21 bits per heavy atom. The van der Waals surface area contributed by atoms with Crippen molar-refractivity contribution in [2.24, 2.45) is 0 Å². The molecule has 3 heterocycles. The molecule has 2 aromatic rings. The van der Waals surface area contributed by atoms with Gasteiger partial charge in [0.25, 0.3) is 0 Å². The lowest BCUT2D eigenvalue weighted by Crippen LogP contribution is -2.26. The number of rotatable bonds is 4. The molecule has 0 N–H and O–H groups in total. The third kappa shape index (κ3) is 2.60. The SMILES string of the molecule is COc1cc(-c2nc(CN3CCC[C@@H]3C)c(C)o2)cc2c1OCO2. The zero-order valence-electron chi connectivity index (χ0n) is 14.3. The molecule has 1 fully saturated rings. The maximum absolute atomic E-state index is 5.92. The van der Waals surface area contributed by atoms with Gasteiger partial charge in [-0.25, -0.2) is 4.98 Å². The first-order valence-corrected chi connectivity index (χ1v) is 8.34. The summed E-state index contributed by atoms with van der Waals surface area (Å²) in [5.74, 6) is 3.38. The predicted molar refractivity (Wildman–Crippen MR) is 88.5 cm³/mol. The summed E-state index contributed by atoms with van der Waals surface area (Å²) < 4.78 is 22.2. The number of fused-ring (bicyclic) bond motifs is 1. The second-order valence-electron chi connectivity index (χ2n) is 6.40. The smallest absolute Gasteiger partial charge is 0.231 e. The Hall–Kier alpha value is -2.21. The lowest BCUT2D eigenvalue weighted by Gasteiger charge is -2.19. The minimum absolute atomic E-state index is 0.206. The third-order valence-corrected chi connectivity index (χ3v) is 4.84. The van der Waals surface area contributed by atoms with Crippen molar-refractivity contribution in [3.8, 4) is 28.7 Å². The first kappa shape index (κ1) is 15.3. The number of aryl methyl sites for hydroxylation is 1. The van der Waals surface area contributed by atoms with Gasteiger partial charge in [-0.3, -0.25) is 4.90 Å². The Bertz CT molecular complexity index is 756. The molecule has 6 nitrogen and oxygen atoms in total. The fourth-order valence-electron chi connectivity index (χ4n) is 3.37. The van der Waals surface area contributed by atoms with Crippen molar-refractivity contribution in [2.75, 3.05) is 20.4 Å². The monoisotopic (exact) mass is 330 g/mol. The van der Waals surface area contributed by atoms with Crippen molar-refractivity contribution in [1.82, 2.24) is 9.88 Å². The lowest BCUT2D eigenvalue weighted by molar-refractivity contribution is 0.171. The molecule has 1 aromatic heterocycles. The second-order valence-corrected chi connectivity index (χ2v) is 6.40. The molecular formula is C18H22N2O4. The Balaban J connectivity index is 1.64. The maximum Gasteiger partial charge on any atom is 0.231 e. The summed E-state index contributed by atoms with van der Waals surface area (Å²) in [6.07, 6.45) is 2.51. The highest BCUT2D eigenvalue weighted by atomic mass is 16.7. The highest BCUT2D eigenvalue weighted by molar-refractivity contribution is 5.66. The minimum atomic E-state index is 0.206. The van der Waals surface area contributed by atoms with Crippen LogP contribution in [-0.4, -0.2) is 36.4 Å². The average Bonchev–Trinajstić information content (AvgIpc) is 3.28. The summed E-state index contributed by atoms with van der Waals surface area (Å²) in [6.45, 7) is 6.40. The van der Waals surface area contributed by atoms with Crippen LogP contribution in [0.2, 0.25) is 0 Å². The predicted octanol–water partition coefficient (Wildman–Crippen LogP) is 3.37. The number of methoxy groups -OCH3 is 1. The van der Waals surface area contributed by atoms with E-state index < -0.39 is 0 Å². The van der Waals surface area contributed by atoms with Crippen molar-refractivity contribution in [1.29, 1.82) is 0 Å². The summed E-state index contributed by atoms with van der Waals surface area (Å²) in [7, 11) is 1.61. The Morgan fingerprint density at radius 3 is 2.96 bits per heavy atom. The molecule has 0 amide bonds. The summed E-state index contributed by atoms with van der Waals surface area (Å²) in [5.41, 5.74) is 1.83. The molecular weight excluding hydrogens is 308 g/mol. The lowest BCUT2D eigenvalue weighted by atomic mass is 10.2. The molecule has 128 valence electrons. The van der Waals surface area contributed by atoms with Crippen LogP contribution in [0.3, 0.4) is 0 Å². The largest absolute Gasteiger partial charge is 0.493 e. The van der Waals surface area contributed by atoms with Gasteiger partial charge in [0.15, 0.2) is 11.5 Å². The van der Waals surface area contributed by atoms with Gasteiger partial charge >= 0.3 is 0 Å². The molecule has 1 aromatic carbocycles. The van der Waals surface area contributed by atoms with Crippen molar-refractivity contribution in [3.05, 3.63) is 23.6 Å². The van der Waals surface area contributed by atoms with Gasteiger partial charge in [-0.2, -0.15) is 0 Å². The number of nitrogens with zero attached hydrogens (tertiary/aromatic N) is 2. The molecule has 6 heteroatoms. The van der Waals surface area contributed by atoms with E-state index in [1.54, 1.807) is 7.11 Å². The fraction of sp³-hybridized carbons (Fsp3) is 0.500. The van der Waals surface area contributed by atoms with Crippen molar-refractivity contribution in [3.63, 3.8) is 0 Å². The van der Waals surface area contributed by atoms with E-state index in [4.69, 9.17) is 23.6 Å². The van der Waals surface area contributed by atoms with Crippen LogP contribution in [-0.2, 0) is 6.54 Å². The van der Waals surface area contributed by atoms with Crippen LogP contribution in [0, 0.1) is 6.92 Å². The average molecular weight is 330 g/mol. The van der Waals surface area contributed by atoms with Gasteiger partial charge in [0.05, 0.1) is 12.8 Å². The van der Waals surface area contributed by atoms with Crippen LogP contribution in [0.5, 0.6) is 17.2 Å². The van der Waals surface area contributed by atoms with Gasteiger partial charge in [0, 0.05) is 18.2 Å². The Labute approximate surface area is 141 Å². The molecule has 2 aliphatic rings. The van der Waals surface area contributed by atoms with Gasteiger partial charge in [-0.05, 0) is 45.4 Å². The zero-order chi connectivity index (χ0) is 16.7. The number of benzene rings is 1. The molecule has 0 radical (unpaired) electrons. The number of ether oxygens (including phenoxy) is 3. The molecule has 0 saturated carbocycles. The Kier molecular flexibility index (Phi) is 3.84. The van der Waals surface area contributed by atoms with E-state index >= 15 is 0 Å². The van der Waals surface area contributed by atoms with Gasteiger partial charge in [0.1, 0.15) is 5.76 Å². The third-order valence-electron chi connectivity index (χ3n) is 4.84.